The quantitative estimate of drug-likeness (QED) is 0.286. The molecule has 2 aromatic heterocycles. The number of aliphatic carboxylic acids is 2. The Labute approximate surface area is 249 Å². The number of amides is 2. The predicted molar refractivity (Wildman–Crippen MR) is 165 cm³/mol. The lowest BCUT2D eigenvalue weighted by Crippen LogP contribution is -2.16. The van der Waals surface area contributed by atoms with Crippen LogP contribution in [-0.4, -0.2) is 49.6 Å². The van der Waals surface area contributed by atoms with Gasteiger partial charge in [0.25, 0.3) is 5.91 Å². The second kappa shape index (κ2) is 12.6. The van der Waals surface area contributed by atoms with Crippen molar-refractivity contribution in [2.75, 3.05) is 0 Å². The van der Waals surface area contributed by atoms with Crippen LogP contribution in [-0.2, 0) is 32.0 Å². The molecule has 2 amide bonds. The lowest BCUT2D eigenvalue weighted by Gasteiger charge is -2.03. The van der Waals surface area contributed by atoms with Gasteiger partial charge in [-0.25, -0.2) is 4.99 Å². The van der Waals surface area contributed by atoms with Gasteiger partial charge in [-0.1, -0.05) is 13.0 Å². The van der Waals surface area contributed by atoms with Crippen LogP contribution >= 0.6 is 0 Å². The molecule has 0 aromatic carbocycles. The number of aliphatic imine (C=N–C) groups is 1. The Morgan fingerprint density at radius 1 is 0.884 bits per heavy atom. The summed E-state index contributed by atoms with van der Waals surface area (Å²) in [5, 5.41) is 23.2. The second-order valence-corrected chi connectivity index (χ2v) is 11.0. The molecule has 4 rings (SSSR count). The highest BCUT2D eigenvalue weighted by Gasteiger charge is 2.29. The van der Waals surface area contributed by atoms with Crippen molar-refractivity contribution in [3.05, 3.63) is 72.8 Å². The maximum absolute atomic E-state index is 12.3. The maximum Gasteiger partial charge on any atom is 0.303 e. The van der Waals surface area contributed by atoms with E-state index < -0.39 is 11.9 Å². The molecular formula is C33H38N4O6. The summed E-state index contributed by atoms with van der Waals surface area (Å²) >= 11 is 0. The molecule has 4 heterocycles. The summed E-state index contributed by atoms with van der Waals surface area (Å²) in [6.45, 7) is 11.3. The number of aromatic nitrogens is 2. The first-order valence-corrected chi connectivity index (χ1v) is 14.4. The molecule has 226 valence electrons. The minimum Gasteiger partial charge on any atom is -0.481 e. The lowest BCUT2D eigenvalue weighted by atomic mass is 10.00. The van der Waals surface area contributed by atoms with Crippen molar-refractivity contribution < 1.29 is 29.4 Å². The van der Waals surface area contributed by atoms with Crippen LogP contribution in [0.4, 0.5) is 0 Å². The van der Waals surface area contributed by atoms with E-state index in [0.29, 0.717) is 39.8 Å². The molecule has 0 aliphatic carbocycles. The molecule has 0 radical (unpaired) electrons. The fourth-order valence-corrected chi connectivity index (χ4v) is 5.77. The lowest BCUT2D eigenvalue weighted by molar-refractivity contribution is -0.138. The highest BCUT2D eigenvalue weighted by atomic mass is 16.4. The number of H-pyrrole nitrogens is 2. The standard InChI is InChI=1S/C33H38N4O6/c1-7-20-19(6)32(42)37-27(20)14-25-18(5)23(10-12-31(40)41)29(35-25)15-28-22(9-11-30(38)39)17(4)24(34-28)13-26-16(3)21(8-2)33(43)36-26/h7,13-15,19,34-35H,8-12H2,1-6H3,(H,37,42)(H,38,39)(H,40,41)/b20-7+,24-13?,27-14+,28-15-. The average molecular weight is 587 g/mol. The first-order chi connectivity index (χ1) is 20.4. The molecule has 1 atom stereocenters. The van der Waals surface area contributed by atoms with Gasteiger partial charge in [0.1, 0.15) is 0 Å². The van der Waals surface area contributed by atoms with Crippen LogP contribution in [0.3, 0.4) is 0 Å². The number of nitrogens with zero attached hydrogens (tertiary/aromatic N) is 1. The summed E-state index contributed by atoms with van der Waals surface area (Å²) in [6.07, 6.45) is 8.45. The van der Waals surface area contributed by atoms with Crippen molar-refractivity contribution in [3.63, 3.8) is 0 Å². The fraction of sp³-hybridized carbons (Fsp3) is 0.364. The van der Waals surface area contributed by atoms with E-state index >= 15 is 0 Å². The van der Waals surface area contributed by atoms with E-state index in [-0.39, 0.29) is 43.4 Å². The molecular weight excluding hydrogens is 548 g/mol. The number of carboxylic acid groups (broad SMARTS) is 2. The van der Waals surface area contributed by atoms with E-state index in [9.17, 15) is 29.4 Å². The van der Waals surface area contributed by atoms with Gasteiger partial charge in [0.15, 0.2) is 0 Å². The molecule has 1 unspecified atom stereocenters. The Kier molecular flexibility index (Phi) is 9.18. The summed E-state index contributed by atoms with van der Waals surface area (Å²) in [5.74, 6) is -2.44. The molecule has 0 spiro atoms. The predicted octanol–water partition coefficient (Wildman–Crippen LogP) is 3.36. The monoisotopic (exact) mass is 586 g/mol. The summed E-state index contributed by atoms with van der Waals surface area (Å²) in [6, 6.07) is 0. The number of rotatable bonds is 10. The van der Waals surface area contributed by atoms with Crippen LogP contribution in [0.25, 0.3) is 18.2 Å². The maximum atomic E-state index is 12.3. The van der Waals surface area contributed by atoms with Crippen LogP contribution < -0.4 is 16.0 Å². The largest absolute Gasteiger partial charge is 0.481 e. The van der Waals surface area contributed by atoms with E-state index in [4.69, 9.17) is 0 Å². The number of carbonyl (C=O) groups is 4. The molecule has 0 bridgehead atoms. The van der Waals surface area contributed by atoms with Gasteiger partial charge < -0.3 is 25.5 Å². The number of aromatic amines is 2. The third-order valence-electron chi connectivity index (χ3n) is 8.35. The first kappa shape index (κ1) is 31.2. The smallest absolute Gasteiger partial charge is 0.303 e. The number of allylic oxidation sites excluding steroid dienone is 3. The highest BCUT2D eigenvalue weighted by molar-refractivity contribution is 6.30. The molecule has 2 aliphatic heterocycles. The van der Waals surface area contributed by atoms with Crippen LogP contribution in [0.15, 0.2) is 33.5 Å². The van der Waals surface area contributed by atoms with Gasteiger partial charge in [-0.2, -0.15) is 0 Å². The van der Waals surface area contributed by atoms with Gasteiger partial charge in [-0.05, 0) is 106 Å². The zero-order valence-electron chi connectivity index (χ0n) is 25.4. The number of hydrogen-bond acceptors (Lipinski definition) is 4. The van der Waals surface area contributed by atoms with Gasteiger partial charge in [0.2, 0.25) is 5.91 Å². The van der Waals surface area contributed by atoms with Crippen molar-refractivity contribution >= 4 is 47.7 Å². The number of carbonyl (C=O) groups excluding carboxylic acids is 2. The molecule has 10 nitrogen and oxygen atoms in total. The summed E-state index contributed by atoms with van der Waals surface area (Å²) in [4.78, 5) is 58.8. The van der Waals surface area contributed by atoms with Crippen molar-refractivity contribution in [2.24, 2.45) is 10.9 Å². The SMILES string of the molecule is C/C=C1/C(=C\c2[nH]c(/C=c3\[nH]c(=CC4=NC(=O)C(CC)=C4C)c(C)c3CCC(=O)O)c(CCC(=O)O)c2C)NC(=O)C1C. The van der Waals surface area contributed by atoms with Crippen LogP contribution in [0.2, 0.25) is 0 Å². The minimum atomic E-state index is -0.923. The van der Waals surface area contributed by atoms with Gasteiger partial charge in [0, 0.05) is 46.2 Å². The van der Waals surface area contributed by atoms with E-state index in [1.165, 1.54) is 0 Å². The van der Waals surface area contributed by atoms with E-state index in [1.54, 1.807) is 0 Å². The van der Waals surface area contributed by atoms with E-state index in [2.05, 4.69) is 20.3 Å². The highest BCUT2D eigenvalue weighted by Crippen LogP contribution is 2.29. The van der Waals surface area contributed by atoms with Gasteiger partial charge in [-0.15, -0.1) is 0 Å². The number of nitrogens with one attached hydrogen (secondary N) is 3. The third kappa shape index (κ3) is 6.38. The summed E-state index contributed by atoms with van der Waals surface area (Å²) < 4.78 is 0. The number of hydrogen-bond donors (Lipinski definition) is 5. The van der Waals surface area contributed by atoms with Gasteiger partial charge in [-0.3, -0.25) is 19.2 Å². The van der Waals surface area contributed by atoms with Crippen molar-refractivity contribution in [1.29, 1.82) is 0 Å². The summed E-state index contributed by atoms with van der Waals surface area (Å²) in [5.41, 5.74) is 8.40. The average Bonchev–Trinajstić information content (AvgIpc) is 3.59. The van der Waals surface area contributed by atoms with Gasteiger partial charge in [0.05, 0.1) is 11.6 Å². The van der Waals surface area contributed by atoms with Crippen LogP contribution in [0.5, 0.6) is 0 Å². The Hall–Kier alpha value is -4.73. The Morgan fingerprint density at radius 3 is 2.12 bits per heavy atom. The number of carboxylic acids is 2. The summed E-state index contributed by atoms with van der Waals surface area (Å²) in [7, 11) is 0. The second-order valence-electron chi connectivity index (χ2n) is 11.0. The van der Waals surface area contributed by atoms with E-state index in [0.717, 1.165) is 39.1 Å². The normalized spacial score (nSPS) is 19.8. The fourth-order valence-electron chi connectivity index (χ4n) is 5.77. The van der Waals surface area contributed by atoms with Crippen LogP contribution in [0.1, 0.15) is 80.6 Å². The molecule has 43 heavy (non-hydrogen) atoms. The zero-order chi connectivity index (χ0) is 31.6. The molecule has 2 aliphatic rings. The molecule has 1 saturated heterocycles. The molecule has 0 saturated carbocycles. The Bertz CT molecular complexity index is 1780. The third-order valence-corrected chi connectivity index (χ3v) is 8.35. The molecule has 5 N–H and O–H groups in total. The molecule has 1 fully saturated rings. The Balaban J connectivity index is 1.91. The van der Waals surface area contributed by atoms with E-state index in [1.807, 2.05) is 65.8 Å². The topological polar surface area (TPSA) is 165 Å². The van der Waals surface area contributed by atoms with Crippen molar-refractivity contribution in [3.8, 4) is 0 Å². The zero-order valence-corrected chi connectivity index (χ0v) is 25.4. The minimum absolute atomic E-state index is 0.0721. The Morgan fingerprint density at radius 2 is 1.53 bits per heavy atom. The first-order valence-electron chi connectivity index (χ1n) is 14.4. The molecule has 2 aromatic rings. The van der Waals surface area contributed by atoms with Gasteiger partial charge >= 0.3 is 11.9 Å². The molecule has 10 heteroatoms. The van der Waals surface area contributed by atoms with Crippen molar-refractivity contribution in [2.45, 2.75) is 73.6 Å². The van der Waals surface area contributed by atoms with Crippen LogP contribution in [0, 0.1) is 19.8 Å². The van der Waals surface area contributed by atoms with Crippen molar-refractivity contribution in [1.82, 2.24) is 15.3 Å².